The van der Waals surface area contributed by atoms with Gasteiger partial charge in [-0.3, -0.25) is 0 Å². The molecule has 1 aliphatic rings. The average Bonchev–Trinajstić information content (AvgIpc) is 2.89. The maximum atomic E-state index is 5.63. The summed E-state index contributed by atoms with van der Waals surface area (Å²) in [5.41, 5.74) is 1.31. The Morgan fingerprint density at radius 3 is 3.00 bits per heavy atom. The number of nitrogens with zero attached hydrogens (tertiary/aromatic N) is 2. The van der Waals surface area contributed by atoms with Crippen molar-refractivity contribution in [1.29, 1.82) is 0 Å². The van der Waals surface area contributed by atoms with Crippen LogP contribution in [0.25, 0.3) is 0 Å². The quantitative estimate of drug-likeness (QED) is 0.798. The summed E-state index contributed by atoms with van der Waals surface area (Å²) in [5.74, 6) is 0. The van der Waals surface area contributed by atoms with Gasteiger partial charge in [-0.2, -0.15) is 0 Å². The summed E-state index contributed by atoms with van der Waals surface area (Å²) in [4.78, 5) is 8.54. The molecule has 1 heterocycles. The van der Waals surface area contributed by atoms with E-state index in [2.05, 4.69) is 38.0 Å². The van der Waals surface area contributed by atoms with Gasteiger partial charge in [0.1, 0.15) is 0 Å². The van der Waals surface area contributed by atoms with Crippen LogP contribution in [0.4, 0.5) is 5.13 Å². The molecule has 0 aromatic carbocycles. The number of thiazole rings is 1. The lowest BCUT2D eigenvalue weighted by Gasteiger charge is -2.22. The Hall–Kier alpha value is -0.650. The molecule has 120 valence electrons. The fourth-order valence-electron chi connectivity index (χ4n) is 2.60. The Bertz CT molecular complexity index is 433. The molecule has 21 heavy (non-hydrogen) atoms. The summed E-state index contributed by atoms with van der Waals surface area (Å²) in [7, 11) is 2.11. The van der Waals surface area contributed by atoms with E-state index in [9.17, 15) is 0 Å². The van der Waals surface area contributed by atoms with Gasteiger partial charge in [0.2, 0.25) is 0 Å². The van der Waals surface area contributed by atoms with Crippen LogP contribution in [0.3, 0.4) is 0 Å². The van der Waals surface area contributed by atoms with Crippen molar-refractivity contribution in [1.82, 2.24) is 10.3 Å². The predicted octanol–water partition coefficient (Wildman–Crippen LogP) is 3.38. The number of likely N-dealkylation sites (N-methyl/N-ethyl adjacent to an activating group) is 1. The Balaban J connectivity index is 1.97. The number of aryl methyl sites for hydroxylation is 1. The molecule has 0 spiro atoms. The van der Waals surface area contributed by atoms with Crippen molar-refractivity contribution in [3.8, 4) is 0 Å². The highest BCUT2D eigenvalue weighted by Crippen LogP contribution is 2.37. The van der Waals surface area contributed by atoms with Gasteiger partial charge in [-0.05, 0) is 46.1 Å². The predicted molar refractivity (Wildman–Crippen MR) is 90.4 cm³/mol. The molecule has 0 bridgehead atoms. The van der Waals surface area contributed by atoms with Gasteiger partial charge in [0.05, 0.1) is 18.4 Å². The highest BCUT2D eigenvalue weighted by atomic mass is 32.1. The van der Waals surface area contributed by atoms with Crippen molar-refractivity contribution in [2.45, 2.75) is 58.6 Å². The van der Waals surface area contributed by atoms with Crippen LogP contribution in [0.1, 0.15) is 56.6 Å². The molecule has 0 aliphatic heterocycles. The number of rotatable bonds is 8. The molecule has 0 amide bonds. The lowest BCUT2D eigenvalue weighted by Crippen LogP contribution is -2.24. The second kappa shape index (κ2) is 8.11. The van der Waals surface area contributed by atoms with Crippen LogP contribution in [0.15, 0.2) is 0 Å². The number of anilines is 1. The van der Waals surface area contributed by atoms with E-state index in [0.717, 1.165) is 31.2 Å². The second-order valence-electron chi connectivity index (χ2n) is 6.05. The van der Waals surface area contributed by atoms with E-state index >= 15 is 0 Å². The van der Waals surface area contributed by atoms with Crippen LogP contribution in [0, 0.1) is 0 Å². The molecule has 2 rings (SSSR count). The fourth-order valence-corrected chi connectivity index (χ4v) is 3.81. The van der Waals surface area contributed by atoms with Gasteiger partial charge in [0.25, 0.3) is 0 Å². The van der Waals surface area contributed by atoms with Crippen molar-refractivity contribution in [3.05, 3.63) is 10.6 Å². The lowest BCUT2D eigenvalue weighted by atomic mass is 9.98. The number of fused-ring (bicyclic) bond motifs is 1. The first kappa shape index (κ1) is 16.7. The third kappa shape index (κ3) is 4.66. The molecule has 1 unspecified atom stereocenters. The van der Waals surface area contributed by atoms with E-state index in [-0.39, 0.29) is 0 Å². The first-order valence-electron chi connectivity index (χ1n) is 8.17. The smallest absolute Gasteiger partial charge is 0.185 e. The van der Waals surface area contributed by atoms with Gasteiger partial charge >= 0.3 is 0 Å². The molecule has 4 nitrogen and oxygen atoms in total. The molecular weight excluding hydrogens is 282 g/mol. The van der Waals surface area contributed by atoms with Gasteiger partial charge in [0, 0.05) is 24.5 Å². The average molecular weight is 311 g/mol. The Morgan fingerprint density at radius 1 is 1.48 bits per heavy atom. The highest BCUT2D eigenvalue weighted by Gasteiger charge is 2.24. The fraction of sp³-hybridized carbons (Fsp3) is 0.812. The molecule has 1 aromatic rings. The Morgan fingerprint density at radius 2 is 2.29 bits per heavy atom. The molecule has 1 N–H and O–H groups in total. The van der Waals surface area contributed by atoms with Crippen LogP contribution < -0.4 is 10.2 Å². The van der Waals surface area contributed by atoms with Gasteiger partial charge in [-0.1, -0.05) is 18.3 Å². The van der Waals surface area contributed by atoms with E-state index in [1.54, 1.807) is 0 Å². The molecule has 1 aliphatic carbocycles. The maximum absolute atomic E-state index is 5.63. The minimum absolute atomic E-state index is 0.297. The van der Waals surface area contributed by atoms with Crippen LogP contribution in [-0.2, 0) is 11.2 Å². The van der Waals surface area contributed by atoms with Gasteiger partial charge in [0.15, 0.2) is 5.13 Å². The van der Waals surface area contributed by atoms with Crippen LogP contribution in [0.5, 0.6) is 0 Å². The minimum Gasteiger partial charge on any atom is -0.377 e. The topological polar surface area (TPSA) is 37.4 Å². The molecule has 1 aromatic heterocycles. The Labute approximate surface area is 132 Å². The number of aromatic nitrogens is 1. The molecule has 1 atom stereocenters. The molecule has 0 saturated heterocycles. The highest BCUT2D eigenvalue weighted by molar-refractivity contribution is 7.15. The van der Waals surface area contributed by atoms with E-state index < -0.39 is 0 Å². The van der Waals surface area contributed by atoms with Crippen molar-refractivity contribution in [3.63, 3.8) is 0 Å². The van der Waals surface area contributed by atoms with E-state index in [0.29, 0.717) is 12.1 Å². The summed E-state index contributed by atoms with van der Waals surface area (Å²) in [6.07, 6.45) is 5.11. The summed E-state index contributed by atoms with van der Waals surface area (Å²) < 4.78 is 5.63. The van der Waals surface area contributed by atoms with Crippen LogP contribution in [-0.4, -0.2) is 37.8 Å². The largest absolute Gasteiger partial charge is 0.377 e. The zero-order chi connectivity index (χ0) is 15.2. The molecule has 0 saturated carbocycles. The second-order valence-corrected chi connectivity index (χ2v) is 7.06. The monoisotopic (exact) mass is 311 g/mol. The number of hydrogen-bond acceptors (Lipinski definition) is 5. The third-order valence-electron chi connectivity index (χ3n) is 3.78. The van der Waals surface area contributed by atoms with E-state index in [4.69, 9.17) is 9.72 Å². The van der Waals surface area contributed by atoms with Crippen LogP contribution in [0.2, 0.25) is 0 Å². The van der Waals surface area contributed by atoms with Gasteiger partial charge in [-0.15, -0.1) is 0 Å². The maximum Gasteiger partial charge on any atom is 0.185 e. The zero-order valence-electron chi connectivity index (χ0n) is 13.8. The standard InChI is InChI=1S/C16H29N3OS/c1-5-9-17-13-7-6-8-14-15(13)21-16(18-14)19(4)10-11-20-12(2)3/h12-13,17H,5-11H2,1-4H3. The SMILES string of the molecule is CCCNC1CCCc2nc(N(C)CCOC(C)C)sc21. The minimum atomic E-state index is 0.297. The molecule has 0 radical (unpaired) electrons. The summed E-state index contributed by atoms with van der Waals surface area (Å²) in [6, 6.07) is 0.514. The molecule has 5 heteroatoms. The number of ether oxygens (including phenoxy) is 1. The summed E-state index contributed by atoms with van der Waals surface area (Å²) >= 11 is 1.86. The van der Waals surface area contributed by atoms with E-state index in [1.807, 2.05) is 11.3 Å². The van der Waals surface area contributed by atoms with Crippen molar-refractivity contribution >= 4 is 16.5 Å². The van der Waals surface area contributed by atoms with Gasteiger partial charge in [-0.25, -0.2) is 4.98 Å². The normalized spacial score (nSPS) is 18.0. The van der Waals surface area contributed by atoms with Crippen molar-refractivity contribution < 1.29 is 4.74 Å². The Kier molecular flexibility index (Phi) is 6.45. The lowest BCUT2D eigenvalue weighted by molar-refractivity contribution is 0.0846. The van der Waals surface area contributed by atoms with Crippen molar-refractivity contribution in [2.75, 3.05) is 31.6 Å². The summed E-state index contributed by atoms with van der Waals surface area (Å²) in [6.45, 7) is 9.12. The molecular formula is C16H29N3OS. The zero-order valence-corrected chi connectivity index (χ0v) is 14.6. The first-order valence-corrected chi connectivity index (χ1v) is 8.99. The first-order chi connectivity index (χ1) is 10.1. The molecule has 0 fully saturated rings. The third-order valence-corrected chi connectivity index (χ3v) is 5.11. The summed E-state index contributed by atoms with van der Waals surface area (Å²) in [5, 5.41) is 4.80. The number of nitrogens with one attached hydrogen (secondary N) is 1. The van der Waals surface area contributed by atoms with Gasteiger partial charge < -0.3 is 15.0 Å². The van der Waals surface area contributed by atoms with Crippen molar-refractivity contribution in [2.24, 2.45) is 0 Å². The van der Waals surface area contributed by atoms with Crippen LogP contribution >= 0.6 is 11.3 Å². The number of hydrogen-bond donors (Lipinski definition) is 1. The van der Waals surface area contributed by atoms with E-state index in [1.165, 1.54) is 29.8 Å².